The van der Waals surface area contributed by atoms with E-state index in [0.717, 1.165) is 9.26 Å². The van der Waals surface area contributed by atoms with Gasteiger partial charge in [0.1, 0.15) is 10.8 Å². The molecule has 0 unspecified atom stereocenters. The predicted molar refractivity (Wildman–Crippen MR) is 89.7 cm³/mol. The molecule has 0 radical (unpaired) electrons. The van der Waals surface area contributed by atoms with E-state index in [9.17, 15) is 4.39 Å². The van der Waals surface area contributed by atoms with Crippen molar-refractivity contribution < 1.29 is 4.39 Å². The Morgan fingerprint density at radius 1 is 1.21 bits per heavy atom. The number of anilines is 2. The van der Waals surface area contributed by atoms with Gasteiger partial charge in [0.15, 0.2) is 0 Å². The normalized spacial score (nSPS) is 10.3. The Morgan fingerprint density at radius 2 is 1.89 bits per heavy atom. The van der Waals surface area contributed by atoms with E-state index in [1.807, 2.05) is 12.1 Å². The van der Waals surface area contributed by atoms with Crippen LogP contribution in [-0.2, 0) is 0 Å². The molecule has 2 aromatic carbocycles. The van der Waals surface area contributed by atoms with Gasteiger partial charge in [-0.25, -0.2) is 4.39 Å². The summed E-state index contributed by atoms with van der Waals surface area (Å²) < 4.78 is 14.2. The van der Waals surface area contributed by atoms with E-state index in [2.05, 4.69) is 27.9 Å². The lowest BCUT2D eigenvalue weighted by Crippen LogP contribution is -2.12. The zero-order chi connectivity index (χ0) is 14.0. The number of benzene rings is 2. The summed E-state index contributed by atoms with van der Waals surface area (Å²) in [4.78, 5) is 0.144. The second-order valence-corrected chi connectivity index (χ2v) is 5.84. The molecular weight excluding hydrogens is 398 g/mol. The highest BCUT2D eigenvalue weighted by molar-refractivity contribution is 14.1. The lowest BCUT2D eigenvalue weighted by molar-refractivity contribution is 0.628. The van der Waals surface area contributed by atoms with E-state index in [0.29, 0.717) is 16.3 Å². The zero-order valence-corrected chi connectivity index (χ0v) is 13.3. The van der Waals surface area contributed by atoms with Crippen molar-refractivity contribution in [1.82, 2.24) is 0 Å². The maximum absolute atomic E-state index is 13.2. The zero-order valence-electron chi connectivity index (χ0n) is 9.58. The summed E-state index contributed by atoms with van der Waals surface area (Å²) >= 11 is 13.0. The van der Waals surface area contributed by atoms with Crippen LogP contribution in [0.3, 0.4) is 0 Å². The Morgan fingerprint density at radius 3 is 2.53 bits per heavy atom. The molecule has 0 saturated heterocycles. The molecule has 98 valence electrons. The van der Waals surface area contributed by atoms with Crippen LogP contribution in [0.5, 0.6) is 0 Å². The van der Waals surface area contributed by atoms with Crippen molar-refractivity contribution in [2.24, 2.45) is 5.73 Å². The molecule has 0 aliphatic rings. The van der Waals surface area contributed by atoms with Crippen molar-refractivity contribution in [3.63, 3.8) is 0 Å². The van der Waals surface area contributed by atoms with Crippen molar-refractivity contribution in [3.05, 3.63) is 56.4 Å². The second kappa shape index (κ2) is 6.02. The molecule has 19 heavy (non-hydrogen) atoms. The van der Waals surface area contributed by atoms with Gasteiger partial charge < -0.3 is 11.1 Å². The van der Waals surface area contributed by atoms with Crippen LogP contribution in [-0.4, -0.2) is 4.99 Å². The molecule has 0 aliphatic heterocycles. The third kappa shape index (κ3) is 3.55. The van der Waals surface area contributed by atoms with Crippen LogP contribution in [0.4, 0.5) is 15.8 Å². The molecule has 0 atom stereocenters. The van der Waals surface area contributed by atoms with Gasteiger partial charge in [-0.3, -0.25) is 0 Å². The maximum atomic E-state index is 13.2. The van der Waals surface area contributed by atoms with Gasteiger partial charge in [-0.1, -0.05) is 23.8 Å². The Bertz CT molecular complexity index is 649. The van der Waals surface area contributed by atoms with Crippen LogP contribution in [0.2, 0.25) is 5.02 Å². The first-order valence-electron chi connectivity index (χ1n) is 5.29. The summed E-state index contributed by atoms with van der Waals surface area (Å²) in [5.41, 5.74) is 7.59. The van der Waals surface area contributed by atoms with Crippen LogP contribution in [0, 0.1) is 9.39 Å². The minimum atomic E-state index is -0.376. The van der Waals surface area contributed by atoms with Crippen LogP contribution in [0.25, 0.3) is 0 Å². The first-order chi connectivity index (χ1) is 8.97. The predicted octanol–water partition coefficient (Wildman–Crippen LogP) is 4.46. The standard InChI is InChI=1S/C13H9ClFIN2S/c14-7-1-3-12(10(16)5-7)18-11-4-2-8(15)6-9(11)13(17)19/h1-6,18H,(H2,17,19). The fourth-order valence-corrected chi connectivity index (χ4v) is 2.74. The molecule has 0 saturated carbocycles. The molecule has 2 rings (SSSR count). The Hall–Kier alpha value is -0.920. The number of hydrogen-bond acceptors (Lipinski definition) is 2. The Labute approximate surface area is 134 Å². The summed E-state index contributed by atoms with van der Waals surface area (Å²) in [5, 5.41) is 3.83. The van der Waals surface area contributed by atoms with Crippen molar-refractivity contribution in [2.45, 2.75) is 0 Å². The van der Waals surface area contributed by atoms with E-state index in [1.54, 1.807) is 12.1 Å². The highest BCUT2D eigenvalue weighted by Crippen LogP contribution is 2.27. The first-order valence-corrected chi connectivity index (χ1v) is 7.15. The minimum Gasteiger partial charge on any atom is -0.389 e. The van der Waals surface area contributed by atoms with Crippen LogP contribution >= 0.6 is 46.4 Å². The molecule has 0 spiro atoms. The van der Waals surface area contributed by atoms with Crippen molar-refractivity contribution in [1.29, 1.82) is 0 Å². The van der Waals surface area contributed by atoms with Gasteiger partial charge in [-0.05, 0) is 59.0 Å². The average Bonchev–Trinajstić information content (AvgIpc) is 2.34. The molecule has 0 aromatic heterocycles. The van der Waals surface area contributed by atoms with Gasteiger partial charge in [-0.15, -0.1) is 0 Å². The largest absolute Gasteiger partial charge is 0.389 e. The van der Waals surface area contributed by atoms with Crippen LogP contribution in [0.1, 0.15) is 5.56 Å². The van der Waals surface area contributed by atoms with Gasteiger partial charge in [0, 0.05) is 19.8 Å². The molecule has 2 aromatic rings. The second-order valence-electron chi connectivity index (χ2n) is 3.80. The number of nitrogens with two attached hydrogens (primary N) is 1. The highest BCUT2D eigenvalue weighted by atomic mass is 127. The lowest BCUT2D eigenvalue weighted by atomic mass is 10.1. The number of thiocarbonyl (C=S) groups is 1. The number of nitrogens with one attached hydrogen (secondary N) is 1. The Kier molecular flexibility index (Phi) is 4.59. The van der Waals surface area contributed by atoms with E-state index in [4.69, 9.17) is 29.6 Å². The third-order valence-electron chi connectivity index (χ3n) is 2.45. The molecule has 0 amide bonds. The van der Waals surface area contributed by atoms with Gasteiger partial charge in [0.2, 0.25) is 0 Å². The summed E-state index contributed by atoms with van der Waals surface area (Å²) in [6.07, 6.45) is 0. The van der Waals surface area contributed by atoms with E-state index in [-0.39, 0.29) is 10.8 Å². The Balaban J connectivity index is 2.40. The fourth-order valence-electron chi connectivity index (χ4n) is 1.57. The molecule has 0 heterocycles. The van der Waals surface area contributed by atoms with Crippen LogP contribution < -0.4 is 11.1 Å². The van der Waals surface area contributed by atoms with Crippen molar-refractivity contribution in [3.8, 4) is 0 Å². The molecule has 6 heteroatoms. The van der Waals surface area contributed by atoms with E-state index in [1.165, 1.54) is 12.1 Å². The first kappa shape index (κ1) is 14.5. The molecule has 0 fully saturated rings. The monoisotopic (exact) mass is 406 g/mol. The SMILES string of the molecule is NC(=S)c1cc(F)ccc1Nc1ccc(Cl)cc1I. The quantitative estimate of drug-likeness (QED) is 0.584. The number of halogens is 3. The molecule has 0 bridgehead atoms. The smallest absolute Gasteiger partial charge is 0.124 e. The summed E-state index contributed by atoms with van der Waals surface area (Å²) in [6.45, 7) is 0. The van der Waals surface area contributed by atoms with Gasteiger partial charge in [0.25, 0.3) is 0 Å². The van der Waals surface area contributed by atoms with Gasteiger partial charge in [-0.2, -0.15) is 0 Å². The minimum absolute atomic E-state index is 0.144. The van der Waals surface area contributed by atoms with Crippen molar-refractivity contribution in [2.75, 3.05) is 5.32 Å². The molecule has 3 N–H and O–H groups in total. The average molecular weight is 407 g/mol. The third-order valence-corrected chi connectivity index (χ3v) is 3.80. The number of rotatable bonds is 3. The number of hydrogen-bond donors (Lipinski definition) is 2. The summed E-state index contributed by atoms with van der Waals surface area (Å²) in [5.74, 6) is -0.376. The van der Waals surface area contributed by atoms with E-state index >= 15 is 0 Å². The highest BCUT2D eigenvalue weighted by Gasteiger charge is 2.09. The van der Waals surface area contributed by atoms with Gasteiger partial charge >= 0.3 is 0 Å². The summed E-state index contributed by atoms with van der Waals surface area (Å²) in [6, 6.07) is 9.72. The topological polar surface area (TPSA) is 38.0 Å². The van der Waals surface area contributed by atoms with Crippen molar-refractivity contribution >= 4 is 62.8 Å². The van der Waals surface area contributed by atoms with Gasteiger partial charge in [0.05, 0.1) is 5.69 Å². The van der Waals surface area contributed by atoms with Crippen LogP contribution in [0.15, 0.2) is 36.4 Å². The maximum Gasteiger partial charge on any atom is 0.124 e. The molecule has 0 aliphatic carbocycles. The lowest BCUT2D eigenvalue weighted by Gasteiger charge is -2.13. The fraction of sp³-hybridized carbons (Fsp3) is 0. The molecule has 2 nitrogen and oxygen atoms in total. The van der Waals surface area contributed by atoms with E-state index < -0.39 is 0 Å². The summed E-state index contributed by atoms with van der Waals surface area (Å²) in [7, 11) is 0. The molecular formula is C13H9ClFIN2S.